The second-order valence-electron chi connectivity index (χ2n) is 17.8. The molecule has 7 atom stereocenters. The Bertz CT molecular complexity index is 1210. The van der Waals surface area contributed by atoms with Gasteiger partial charge in [-0.3, -0.25) is 9.59 Å². The number of aliphatic hydroxyl groups is 5. The van der Waals surface area contributed by atoms with Crippen molar-refractivity contribution in [2.75, 3.05) is 19.8 Å². The molecule has 0 aliphatic carbocycles. The SMILES string of the molecule is CCCCC/C=C/CC/C=C/C(O)C(COC1OC(CO)C(O)C(O)C1O)NC(=O)CCCCCCC/C=C\CCCCCOC(=O)CCCCCCC/C=C\CCCCCCCC. The highest BCUT2D eigenvalue weighted by molar-refractivity contribution is 5.76. The van der Waals surface area contributed by atoms with E-state index in [4.69, 9.17) is 14.2 Å². The van der Waals surface area contributed by atoms with Crippen LogP contribution < -0.4 is 5.32 Å². The lowest BCUT2D eigenvalue weighted by atomic mass is 9.99. The summed E-state index contributed by atoms with van der Waals surface area (Å²) >= 11 is 0. The van der Waals surface area contributed by atoms with E-state index in [0.29, 0.717) is 25.9 Å². The molecule has 0 radical (unpaired) electrons. The standard InChI is InChI=1S/C53H95NO10/c1-3-5-7-9-11-13-14-15-16-17-21-25-29-33-37-41-49(58)62-42-38-34-30-26-22-19-18-20-24-28-32-36-40-48(57)54-45(46(56)39-35-31-27-23-12-10-8-6-4-2)44-63-53-52(61)51(60)50(59)47(43-55)64-53/h12,15-16,19,22-23,35,39,45-47,50-53,55-56,59-61H,3-11,13-14,17-18,20-21,24-34,36-38,40-44H2,1-2H3,(H,54,57)/b16-15-,22-19-,23-12+,39-35+. The topological polar surface area (TPSA) is 175 Å². The van der Waals surface area contributed by atoms with Crippen molar-refractivity contribution in [3.63, 3.8) is 0 Å². The first-order chi connectivity index (χ1) is 31.2. The minimum absolute atomic E-state index is 0.0572. The van der Waals surface area contributed by atoms with Crippen LogP contribution in [0.25, 0.3) is 0 Å². The molecule has 1 rings (SSSR count). The van der Waals surface area contributed by atoms with E-state index in [2.05, 4.69) is 55.6 Å². The molecule has 0 saturated carbocycles. The summed E-state index contributed by atoms with van der Waals surface area (Å²) in [6.07, 6.45) is 42.0. The second kappa shape index (κ2) is 43.2. The van der Waals surface area contributed by atoms with E-state index < -0.39 is 49.5 Å². The molecule has 1 aliphatic heterocycles. The third-order valence-corrected chi connectivity index (χ3v) is 11.9. The average Bonchev–Trinajstić information content (AvgIpc) is 3.29. The predicted molar refractivity (Wildman–Crippen MR) is 260 cm³/mol. The van der Waals surface area contributed by atoms with Crippen molar-refractivity contribution < 1.29 is 49.3 Å². The van der Waals surface area contributed by atoms with Crippen LogP contribution in [0.4, 0.5) is 0 Å². The Kier molecular flexibility index (Phi) is 40.3. The summed E-state index contributed by atoms with van der Waals surface area (Å²) in [5.74, 6) is -0.280. The van der Waals surface area contributed by atoms with Gasteiger partial charge in [-0.2, -0.15) is 0 Å². The number of rotatable bonds is 43. The van der Waals surface area contributed by atoms with E-state index in [1.54, 1.807) is 6.08 Å². The molecule has 0 spiro atoms. The molecule has 1 aliphatic rings. The lowest BCUT2D eigenvalue weighted by Crippen LogP contribution is -2.60. The van der Waals surface area contributed by atoms with Crippen LogP contribution in [0.3, 0.4) is 0 Å². The number of allylic oxidation sites excluding steroid dienone is 7. The Morgan fingerprint density at radius 1 is 0.562 bits per heavy atom. The molecule has 7 unspecified atom stereocenters. The van der Waals surface area contributed by atoms with Crippen molar-refractivity contribution in [2.45, 2.75) is 256 Å². The number of unbranched alkanes of at least 4 members (excludes halogenated alkanes) is 23. The summed E-state index contributed by atoms with van der Waals surface area (Å²) in [5, 5.41) is 54.0. The maximum atomic E-state index is 12.9. The Labute approximate surface area is 389 Å². The van der Waals surface area contributed by atoms with E-state index in [0.717, 1.165) is 89.9 Å². The number of amides is 1. The zero-order valence-corrected chi connectivity index (χ0v) is 40.5. The van der Waals surface area contributed by atoms with Gasteiger partial charge in [-0.05, 0) is 103 Å². The van der Waals surface area contributed by atoms with E-state index in [1.807, 2.05) is 6.08 Å². The van der Waals surface area contributed by atoms with Crippen LogP contribution in [-0.4, -0.2) is 100 Å². The molecular formula is C53H95NO10. The highest BCUT2D eigenvalue weighted by Crippen LogP contribution is 2.22. The van der Waals surface area contributed by atoms with E-state index in [9.17, 15) is 35.1 Å². The van der Waals surface area contributed by atoms with Gasteiger partial charge in [0, 0.05) is 12.8 Å². The lowest BCUT2D eigenvalue weighted by molar-refractivity contribution is -0.302. The van der Waals surface area contributed by atoms with Gasteiger partial charge in [0.25, 0.3) is 0 Å². The van der Waals surface area contributed by atoms with Crippen LogP contribution in [0.2, 0.25) is 0 Å². The molecule has 0 aromatic heterocycles. The zero-order valence-electron chi connectivity index (χ0n) is 40.5. The molecule has 11 heteroatoms. The Hall–Kier alpha value is -2.38. The largest absolute Gasteiger partial charge is 0.466 e. The van der Waals surface area contributed by atoms with Gasteiger partial charge in [-0.15, -0.1) is 0 Å². The fraction of sp³-hybridized carbons (Fsp3) is 0.811. The molecule has 64 heavy (non-hydrogen) atoms. The number of nitrogens with one attached hydrogen (secondary N) is 1. The zero-order chi connectivity index (χ0) is 46.7. The van der Waals surface area contributed by atoms with E-state index in [-0.39, 0.29) is 18.5 Å². The van der Waals surface area contributed by atoms with Crippen molar-refractivity contribution in [1.82, 2.24) is 5.32 Å². The summed E-state index contributed by atoms with van der Waals surface area (Å²) < 4.78 is 16.6. The predicted octanol–water partition coefficient (Wildman–Crippen LogP) is 10.5. The molecule has 11 nitrogen and oxygen atoms in total. The van der Waals surface area contributed by atoms with Gasteiger partial charge in [0.15, 0.2) is 6.29 Å². The highest BCUT2D eigenvalue weighted by atomic mass is 16.7. The maximum absolute atomic E-state index is 12.9. The van der Waals surface area contributed by atoms with E-state index in [1.165, 1.54) is 89.9 Å². The minimum Gasteiger partial charge on any atom is -0.466 e. The minimum atomic E-state index is -1.59. The molecule has 0 aromatic rings. The third-order valence-electron chi connectivity index (χ3n) is 11.9. The van der Waals surface area contributed by atoms with Gasteiger partial charge in [-0.1, -0.05) is 146 Å². The molecule has 0 aromatic carbocycles. The monoisotopic (exact) mass is 906 g/mol. The van der Waals surface area contributed by atoms with Crippen molar-refractivity contribution in [3.05, 3.63) is 48.6 Å². The molecule has 1 saturated heterocycles. The van der Waals surface area contributed by atoms with E-state index >= 15 is 0 Å². The van der Waals surface area contributed by atoms with Crippen LogP contribution in [0.1, 0.15) is 213 Å². The highest BCUT2D eigenvalue weighted by Gasteiger charge is 2.44. The smallest absolute Gasteiger partial charge is 0.305 e. The van der Waals surface area contributed by atoms with Crippen molar-refractivity contribution in [1.29, 1.82) is 0 Å². The lowest BCUT2D eigenvalue weighted by Gasteiger charge is -2.40. The Morgan fingerprint density at radius 3 is 1.58 bits per heavy atom. The van der Waals surface area contributed by atoms with Gasteiger partial charge in [0.2, 0.25) is 5.91 Å². The molecule has 1 fully saturated rings. The van der Waals surface area contributed by atoms with Crippen LogP contribution >= 0.6 is 0 Å². The molecule has 1 amide bonds. The molecule has 1 heterocycles. The summed E-state index contributed by atoms with van der Waals surface area (Å²) in [6.45, 7) is 4.16. The van der Waals surface area contributed by atoms with Gasteiger partial charge < -0.3 is 45.1 Å². The first-order valence-electron chi connectivity index (χ1n) is 25.9. The van der Waals surface area contributed by atoms with Crippen LogP contribution in [-0.2, 0) is 23.8 Å². The number of carbonyl (C=O) groups excluding carboxylic acids is 2. The first-order valence-corrected chi connectivity index (χ1v) is 25.9. The van der Waals surface area contributed by atoms with Crippen LogP contribution in [0.15, 0.2) is 48.6 Å². The Morgan fingerprint density at radius 2 is 1.02 bits per heavy atom. The molecule has 0 bridgehead atoms. The quantitative estimate of drug-likeness (QED) is 0.0196. The number of hydrogen-bond donors (Lipinski definition) is 6. The van der Waals surface area contributed by atoms with Crippen molar-refractivity contribution in [3.8, 4) is 0 Å². The number of ether oxygens (including phenoxy) is 3. The summed E-state index contributed by atoms with van der Waals surface area (Å²) in [7, 11) is 0. The summed E-state index contributed by atoms with van der Waals surface area (Å²) in [4.78, 5) is 25.0. The summed E-state index contributed by atoms with van der Waals surface area (Å²) in [5.41, 5.74) is 0. The third kappa shape index (κ3) is 33.1. The van der Waals surface area contributed by atoms with Gasteiger partial charge in [-0.25, -0.2) is 0 Å². The fourth-order valence-electron chi connectivity index (χ4n) is 7.67. The van der Waals surface area contributed by atoms with Gasteiger partial charge in [0.05, 0.1) is 32.0 Å². The molecule has 6 N–H and O–H groups in total. The van der Waals surface area contributed by atoms with Crippen LogP contribution in [0.5, 0.6) is 0 Å². The van der Waals surface area contributed by atoms with Crippen molar-refractivity contribution in [2.24, 2.45) is 0 Å². The number of esters is 1. The van der Waals surface area contributed by atoms with Crippen molar-refractivity contribution >= 4 is 11.9 Å². The average molecular weight is 906 g/mol. The second-order valence-corrected chi connectivity index (χ2v) is 17.8. The first kappa shape index (κ1) is 59.6. The number of hydrogen-bond acceptors (Lipinski definition) is 10. The van der Waals surface area contributed by atoms with Gasteiger partial charge in [0.1, 0.15) is 24.4 Å². The normalized spacial score (nSPS) is 20.3. The van der Waals surface area contributed by atoms with Gasteiger partial charge >= 0.3 is 5.97 Å². The fourth-order valence-corrected chi connectivity index (χ4v) is 7.67. The molecular weight excluding hydrogens is 811 g/mol. The molecule has 372 valence electrons. The number of carbonyl (C=O) groups is 2. The van der Waals surface area contributed by atoms with Crippen LogP contribution in [0, 0.1) is 0 Å². The summed E-state index contributed by atoms with van der Waals surface area (Å²) in [6, 6.07) is -0.845. The number of aliphatic hydroxyl groups excluding tert-OH is 5. The maximum Gasteiger partial charge on any atom is 0.305 e. The Balaban J connectivity index is 2.16.